The van der Waals surface area contributed by atoms with Crippen molar-refractivity contribution in [2.24, 2.45) is 5.92 Å². The van der Waals surface area contributed by atoms with E-state index in [9.17, 15) is 4.79 Å². The Morgan fingerprint density at radius 3 is 2.80 bits per heavy atom. The third-order valence-electron chi connectivity index (χ3n) is 2.35. The number of carbonyl (C=O) groups is 1. The van der Waals surface area contributed by atoms with Crippen LogP contribution >= 0.6 is 0 Å². The van der Waals surface area contributed by atoms with Crippen LogP contribution in [0.4, 0.5) is 0 Å². The summed E-state index contributed by atoms with van der Waals surface area (Å²) in [6.45, 7) is 4.95. The molecule has 1 fully saturated rings. The van der Waals surface area contributed by atoms with Gasteiger partial charge in [0.25, 0.3) is 11.7 Å². The lowest BCUT2D eigenvalue weighted by molar-refractivity contribution is 0.0710. The second-order valence-corrected chi connectivity index (χ2v) is 4.32. The Morgan fingerprint density at radius 2 is 2.33 bits per heavy atom. The summed E-state index contributed by atoms with van der Waals surface area (Å²) >= 11 is 0. The first-order valence-electron chi connectivity index (χ1n) is 5.23. The predicted octanol–water partition coefficient (Wildman–Crippen LogP) is 0.460. The molecule has 82 valence electrons. The van der Waals surface area contributed by atoms with Crippen molar-refractivity contribution in [2.75, 3.05) is 6.54 Å². The number of tetrazole rings is 1. The highest BCUT2D eigenvalue weighted by Gasteiger charge is 2.34. The quantitative estimate of drug-likeness (QED) is 0.781. The average molecular weight is 209 g/mol. The number of aromatic amines is 1. The van der Waals surface area contributed by atoms with Crippen LogP contribution in [-0.2, 0) is 0 Å². The van der Waals surface area contributed by atoms with E-state index in [2.05, 4.69) is 34.5 Å². The minimum absolute atomic E-state index is 0.111. The zero-order valence-electron chi connectivity index (χ0n) is 8.97. The van der Waals surface area contributed by atoms with Crippen molar-refractivity contribution in [1.29, 1.82) is 0 Å². The van der Waals surface area contributed by atoms with E-state index in [1.165, 1.54) is 0 Å². The summed E-state index contributed by atoms with van der Waals surface area (Å²) in [5.74, 6) is 0.518. The number of carbonyl (C=O) groups excluding carboxylic acids is 1. The van der Waals surface area contributed by atoms with Crippen LogP contribution in [0.15, 0.2) is 0 Å². The van der Waals surface area contributed by atoms with Crippen LogP contribution in [0.3, 0.4) is 0 Å². The van der Waals surface area contributed by atoms with Gasteiger partial charge < -0.3 is 4.90 Å². The summed E-state index contributed by atoms with van der Waals surface area (Å²) in [7, 11) is 0. The molecule has 2 rings (SSSR count). The first-order chi connectivity index (χ1) is 7.18. The van der Waals surface area contributed by atoms with Crippen LogP contribution in [0, 0.1) is 5.92 Å². The Hall–Kier alpha value is -1.46. The molecule has 0 unspecified atom stereocenters. The Kier molecular flexibility index (Phi) is 2.66. The molecule has 6 nitrogen and oxygen atoms in total. The SMILES string of the molecule is CC(C)CN(C(=O)c1nn[nH]n1)C1CC1. The highest BCUT2D eigenvalue weighted by atomic mass is 16.2. The summed E-state index contributed by atoms with van der Waals surface area (Å²) in [5, 5.41) is 13.1. The number of nitrogens with zero attached hydrogens (tertiary/aromatic N) is 4. The molecule has 1 aliphatic carbocycles. The van der Waals surface area contributed by atoms with Gasteiger partial charge in [-0.2, -0.15) is 5.21 Å². The maximum absolute atomic E-state index is 12.0. The number of hydrogen-bond acceptors (Lipinski definition) is 4. The maximum atomic E-state index is 12.0. The third kappa shape index (κ3) is 2.31. The molecular weight excluding hydrogens is 194 g/mol. The predicted molar refractivity (Wildman–Crippen MR) is 53.1 cm³/mol. The standard InChI is InChI=1S/C9H15N5O/c1-6(2)5-14(7-3-4-7)9(15)8-10-12-13-11-8/h6-7H,3-5H2,1-2H3,(H,10,11,12,13). The molecule has 0 atom stereocenters. The second kappa shape index (κ2) is 3.96. The number of nitrogens with one attached hydrogen (secondary N) is 1. The number of rotatable bonds is 4. The first kappa shape index (κ1) is 10.1. The van der Waals surface area contributed by atoms with Gasteiger partial charge >= 0.3 is 0 Å². The van der Waals surface area contributed by atoms with Crippen LogP contribution in [0.1, 0.15) is 37.3 Å². The highest BCUT2D eigenvalue weighted by Crippen LogP contribution is 2.28. The van der Waals surface area contributed by atoms with E-state index in [4.69, 9.17) is 0 Å². The molecule has 1 amide bonds. The number of H-pyrrole nitrogens is 1. The number of hydrogen-bond donors (Lipinski definition) is 1. The van der Waals surface area contributed by atoms with Crippen LogP contribution < -0.4 is 0 Å². The van der Waals surface area contributed by atoms with Gasteiger partial charge in [0.15, 0.2) is 0 Å². The molecule has 0 aliphatic heterocycles. The first-order valence-corrected chi connectivity index (χ1v) is 5.23. The summed E-state index contributed by atoms with van der Waals surface area (Å²) in [6, 6.07) is 0.387. The molecule has 1 aromatic rings. The molecule has 1 saturated carbocycles. The highest BCUT2D eigenvalue weighted by molar-refractivity contribution is 5.90. The van der Waals surface area contributed by atoms with E-state index in [1.807, 2.05) is 4.90 Å². The van der Waals surface area contributed by atoms with E-state index in [1.54, 1.807) is 0 Å². The number of amides is 1. The fourth-order valence-corrected chi connectivity index (χ4v) is 1.56. The van der Waals surface area contributed by atoms with Crippen molar-refractivity contribution >= 4 is 5.91 Å². The van der Waals surface area contributed by atoms with E-state index < -0.39 is 0 Å². The van der Waals surface area contributed by atoms with Crippen molar-refractivity contribution in [1.82, 2.24) is 25.5 Å². The van der Waals surface area contributed by atoms with Crippen LogP contribution in [-0.4, -0.2) is 44.0 Å². The van der Waals surface area contributed by atoms with Crippen molar-refractivity contribution in [3.63, 3.8) is 0 Å². The van der Waals surface area contributed by atoms with Crippen LogP contribution in [0.2, 0.25) is 0 Å². The van der Waals surface area contributed by atoms with E-state index >= 15 is 0 Å². The lowest BCUT2D eigenvalue weighted by Crippen LogP contribution is -2.36. The van der Waals surface area contributed by atoms with Crippen molar-refractivity contribution in [3.05, 3.63) is 5.82 Å². The summed E-state index contributed by atoms with van der Waals surface area (Å²) in [6.07, 6.45) is 2.19. The van der Waals surface area contributed by atoms with Gasteiger partial charge in [0, 0.05) is 12.6 Å². The van der Waals surface area contributed by atoms with Crippen LogP contribution in [0.5, 0.6) is 0 Å². The van der Waals surface area contributed by atoms with Gasteiger partial charge in [-0.3, -0.25) is 4.79 Å². The van der Waals surface area contributed by atoms with E-state index in [0.717, 1.165) is 19.4 Å². The van der Waals surface area contributed by atoms with Crippen molar-refractivity contribution < 1.29 is 4.79 Å². The van der Waals surface area contributed by atoms with Crippen molar-refractivity contribution in [3.8, 4) is 0 Å². The molecule has 6 heteroatoms. The van der Waals surface area contributed by atoms with E-state index in [0.29, 0.717) is 12.0 Å². The molecule has 0 spiro atoms. The van der Waals surface area contributed by atoms with Crippen LogP contribution in [0.25, 0.3) is 0 Å². The van der Waals surface area contributed by atoms with E-state index in [-0.39, 0.29) is 11.7 Å². The zero-order chi connectivity index (χ0) is 10.8. The minimum Gasteiger partial charge on any atom is -0.333 e. The molecule has 1 aromatic heterocycles. The fourth-order valence-electron chi connectivity index (χ4n) is 1.56. The smallest absolute Gasteiger partial charge is 0.295 e. The number of aromatic nitrogens is 4. The third-order valence-corrected chi connectivity index (χ3v) is 2.35. The van der Waals surface area contributed by atoms with Crippen molar-refractivity contribution in [2.45, 2.75) is 32.7 Å². The molecule has 0 bridgehead atoms. The molecule has 1 N–H and O–H groups in total. The molecule has 0 saturated heterocycles. The van der Waals surface area contributed by atoms with Gasteiger partial charge in [-0.1, -0.05) is 13.8 Å². The molecule has 0 aromatic carbocycles. The summed E-state index contributed by atoms with van der Waals surface area (Å²) < 4.78 is 0. The average Bonchev–Trinajstić information content (AvgIpc) is 2.88. The maximum Gasteiger partial charge on any atom is 0.295 e. The second-order valence-electron chi connectivity index (χ2n) is 4.32. The summed E-state index contributed by atoms with van der Waals surface area (Å²) in [5.41, 5.74) is 0. The van der Waals surface area contributed by atoms with Gasteiger partial charge in [-0.15, -0.1) is 10.2 Å². The normalized spacial score (nSPS) is 15.7. The summed E-state index contributed by atoms with van der Waals surface area (Å²) in [4.78, 5) is 13.8. The largest absolute Gasteiger partial charge is 0.333 e. The Morgan fingerprint density at radius 1 is 1.60 bits per heavy atom. The fraction of sp³-hybridized carbons (Fsp3) is 0.778. The molecule has 0 radical (unpaired) electrons. The van der Waals surface area contributed by atoms with Gasteiger partial charge in [-0.05, 0) is 24.0 Å². The lowest BCUT2D eigenvalue weighted by Gasteiger charge is -2.22. The van der Waals surface area contributed by atoms with Gasteiger partial charge in [0.05, 0.1) is 0 Å². The zero-order valence-corrected chi connectivity index (χ0v) is 8.97. The Bertz CT molecular complexity index is 330. The molecule has 1 heterocycles. The molecule has 15 heavy (non-hydrogen) atoms. The lowest BCUT2D eigenvalue weighted by atomic mass is 10.2. The Balaban J connectivity index is 2.07. The Labute approximate surface area is 88.0 Å². The molecular formula is C9H15N5O. The van der Waals surface area contributed by atoms with Gasteiger partial charge in [-0.25, -0.2) is 0 Å². The minimum atomic E-state index is -0.111. The topological polar surface area (TPSA) is 74.8 Å². The molecule has 1 aliphatic rings. The van der Waals surface area contributed by atoms with Gasteiger partial charge in [0.2, 0.25) is 0 Å². The van der Waals surface area contributed by atoms with Gasteiger partial charge in [0.1, 0.15) is 0 Å². The monoisotopic (exact) mass is 209 g/mol.